The molecule has 0 aliphatic rings. The van der Waals surface area contributed by atoms with E-state index in [0.29, 0.717) is 11.6 Å². The van der Waals surface area contributed by atoms with E-state index in [4.69, 9.17) is 16.6 Å². The molecule has 0 radical (unpaired) electrons. The highest BCUT2D eigenvalue weighted by molar-refractivity contribution is 6.35. The third-order valence-corrected chi connectivity index (χ3v) is 4.88. The van der Waals surface area contributed by atoms with Gasteiger partial charge in [-0.3, -0.25) is 0 Å². The molecule has 0 saturated carbocycles. The first-order chi connectivity index (χ1) is 12.1. The molecule has 26 heavy (non-hydrogen) atoms. The minimum atomic E-state index is -0.591. The van der Waals surface area contributed by atoms with E-state index >= 15 is 0 Å². The molecule has 3 rings (SSSR count). The van der Waals surface area contributed by atoms with E-state index in [1.165, 1.54) is 0 Å². The normalized spacial score (nSPS) is 12.2. The van der Waals surface area contributed by atoms with Gasteiger partial charge < -0.3 is 10.0 Å². The number of likely N-dealkylation sites (N-methyl/N-ethyl adjacent to an activating group) is 1. The lowest BCUT2D eigenvalue weighted by molar-refractivity contribution is 0.120. The summed E-state index contributed by atoms with van der Waals surface area (Å²) in [4.78, 5) is 6.96. The molecule has 0 aliphatic heterocycles. The monoisotopic (exact) mass is 390 g/mol. The maximum atomic E-state index is 10.9. The van der Waals surface area contributed by atoms with Crippen molar-refractivity contribution in [3.63, 3.8) is 0 Å². The second kappa shape index (κ2) is 9.33. The molecule has 0 fully saturated rings. The number of halogens is 2. The van der Waals surface area contributed by atoms with Crippen LogP contribution in [0.25, 0.3) is 22.2 Å². The van der Waals surface area contributed by atoms with Crippen molar-refractivity contribution < 1.29 is 5.11 Å². The molecule has 5 heteroatoms. The average molecular weight is 391 g/mol. The topological polar surface area (TPSA) is 36.4 Å². The van der Waals surface area contributed by atoms with Gasteiger partial charge >= 0.3 is 0 Å². The zero-order valence-corrected chi connectivity index (χ0v) is 16.6. The highest BCUT2D eigenvalue weighted by Gasteiger charge is 2.18. The Kier molecular flexibility index (Phi) is 7.42. The molecular weight excluding hydrogens is 367 g/mol. The third kappa shape index (κ3) is 4.36. The zero-order valence-electron chi connectivity index (χ0n) is 15.0. The summed E-state index contributed by atoms with van der Waals surface area (Å²) in [6.07, 6.45) is -0.591. The van der Waals surface area contributed by atoms with Gasteiger partial charge in [0.15, 0.2) is 0 Å². The van der Waals surface area contributed by atoms with E-state index in [9.17, 15) is 5.11 Å². The average Bonchev–Trinajstić information content (AvgIpc) is 2.66. The Labute approximate surface area is 166 Å². The van der Waals surface area contributed by atoms with Gasteiger partial charge in [0.2, 0.25) is 0 Å². The minimum absolute atomic E-state index is 0. The molecule has 1 N–H and O–H groups in total. The van der Waals surface area contributed by atoms with Crippen molar-refractivity contribution in [1.82, 2.24) is 9.88 Å². The second-order valence-corrected chi connectivity index (χ2v) is 6.51. The van der Waals surface area contributed by atoms with Gasteiger partial charge in [0.25, 0.3) is 0 Å². The van der Waals surface area contributed by atoms with Crippen molar-refractivity contribution >= 4 is 34.9 Å². The predicted octanol–water partition coefficient (Wildman–Crippen LogP) is 5.35. The lowest BCUT2D eigenvalue weighted by atomic mass is 10.00. The molecule has 1 aromatic heterocycles. The smallest absolute Gasteiger partial charge is 0.0924 e. The first-order valence-electron chi connectivity index (χ1n) is 8.69. The van der Waals surface area contributed by atoms with Crippen LogP contribution in [0.15, 0.2) is 54.6 Å². The number of hydrogen-bond donors (Lipinski definition) is 1. The van der Waals surface area contributed by atoms with Crippen LogP contribution in [0.5, 0.6) is 0 Å². The van der Waals surface area contributed by atoms with E-state index in [2.05, 4.69) is 18.7 Å². The summed E-state index contributed by atoms with van der Waals surface area (Å²) in [5.74, 6) is 0. The lowest BCUT2D eigenvalue weighted by Crippen LogP contribution is -2.28. The lowest BCUT2D eigenvalue weighted by Gasteiger charge is -2.23. The van der Waals surface area contributed by atoms with Crippen molar-refractivity contribution in [2.24, 2.45) is 0 Å². The Hall–Kier alpha value is -1.65. The maximum Gasteiger partial charge on any atom is 0.0924 e. The zero-order chi connectivity index (χ0) is 17.8. The van der Waals surface area contributed by atoms with Crippen LogP contribution in [0.4, 0.5) is 0 Å². The predicted molar refractivity (Wildman–Crippen MR) is 112 cm³/mol. The number of para-hydroxylation sites is 1. The highest BCUT2D eigenvalue weighted by atomic mass is 35.5. The van der Waals surface area contributed by atoms with Crippen LogP contribution in [0, 0.1) is 0 Å². The van der Waals surface area contributed by atoms with Crippen molar-refractivity contribution in [2.45, 2.75) is 20.0 Å². The Morgan fingerprint density at radius 3 is 2.38 bits per heavy atom. The Morgan fingerprint density at radius 2 is 1.73 bits per heavy atom. The number of aliphatic hydroxyl groups is 1. The maximum absolute atomic E-state index is 10.9. The Bertz CT molecular complexity index is 851. The van der Waals surface area contributed by atoms with Gasteiger partial charge in [0.05, 0.1) is 22.3 Å². The van der Waals surface area contributed by atoms with Gasteiger partial charge in [-0.05, 0) is 30.8 Å². The summed E-state index contributed by atoms with van der Waals surface area (Å²) in [6, 6.07) is 17.7. The first-order valence-corrected chi connectivity index (χ1v) is 9.06. The van der Waals surface area contributed by atoms with Crippen LogP contribution in [0.2, 0.25) is 5.02 Å². The SMILES string of the molecule is CCN(CC)CC(O)c1cc(-c2ccccc2)nc2c(Cl)cccc12.Cl. The van der Waals surface area contributed by atoms with E-state index in [0.717, 1.165) is 40.8 Å². The molecule has 138 valence electrons. The number of nitrogens with zero attached hydrogens (tertiary/aromatic N) is 2. The fourth-order valence-corrected chi connectivity index (χ4v) is 3.31. The van der Waals surface area contributed by atoms with Crippen molar-refractivity contribution in [2.75, 3.05) is 19.6 Å². The molecule has 2 aromatic carbocycles. The van der Waals surface area contributed by atoms with Crippen molar-refractivity contribution in [3.8, 4) is 11.3 Å². The molecule has 1 unspecified atom stereocenters. The van der Waals surface area contributed by atoms with Crippen LogP contribution in [0.3, 0.4) is 0 Å². The Balaban J connectivity index is 0.00000243. The number of benzene rings is 2. The highest BCUT2D eigenvalue weighted by Crippen LogP contribution is 2.32. The minimum Gasteiger partial charge on any atom is -0.387 e. The largest absolute Gasteiger partial charge is 0.387 e. The molecule has 3 aromatic rings. The molecular formula is C21H24Cl2N2O. The summed E-state index contributed by atoms with van der Waals surface area (Å²) in [7, 11) is 0. The number of hydrogen-bond acceptors (Lipinski definition) is 3. The molecule has 1 atom stereocenters. The van der Waals surface area contributed by atoms with Crippen LogP contribution < -0.4 is 0 Å². The standard InChI is InChI=1S/C21H23ClN2O.ClH/c1-3-24(4-2)14-20(25)17-13-19(15-9-6-5-7-10-15)23-21-16(17)11-8-12-18(21)22;/h5-13,20,25H,3-4,14H2,1-2H3;1H. The Morgan fingerprint density at radius 1 is 1.04 bits per heavy atom. The summed E-state index contributed by atoms with van der Waals surface area (Å²) in [5.41, 5.74) is 3.45. The van der Waals surface area contributed by atoms with Gasteiger partial charge in [-0.15, -0.1) is 12.4 Å². The summed E-state index contributed by atoms with van der Waals surface area (Å²) in [6.45, 7) is 6.61. The fourth-order valence-electron chi connectivity index (χ4n) is 3.10. The molecule has 3 nitrogen and oxygen atoms in total. The second-order valence-electron chi connectivity index (χ2n) is 6.10. The van der Waals surface area contributed by atoms with E-state index in [1.54, 1.807) is 0 Å². The number of fused-ring (bicyclic) bond motifs is 1. The van der Waals surface area contributed by atoms with Gasteiger partial charge in [0, 0.05) is 17.5 Å². The van der Waals surface area contributed by atoms with Crippen LogP contribution >= 0.6 is 24.0 Å². The van der Waals surface area contributed by atoms with Gasteiger partial charge in [0.1, 0.15) is 0 Å². The van der Waals surface area contributed by atoms with Crippen LogP contribution in [-0.2, 0) is 0 Å². The van der Waals surface area contributed by atoms with Crippen LogP contribution in [-0.4, -0.2) is 34.6 Å². The number of aliphatic hydroxyl groups excluding tert-OH is 1. The molecule has 0 bridgehead atoms. The first kappa shape index (κ1) is 20.7. The van der Waals surface area contributed by atoms with Gasteiger partial charge in [-0.2, -0.15) is 0 Å². The number of aromatic nitrogens is 1. The quantitative estimate of drug-likeness (QED) is 0.615. The van der Waals surface area contributed by atoms with Gasteiger partial charge in [-0.25, -0.2) is 4.98 Å². The molecule has 0 aliphatic carbocycles. The molecule has 0 spiro atoms. The number of rotatable bonds is 6. The molecule has 1 heterocycles. The summed E-state index contributed by atoms with van der Waals surface area (Å²) >= 11 is 6.40. The fraction of sp³-hybridized carbons (Fsp3) is 0.286. The van der Waals surface area contributed by atoms with Gasteiger partial charge in [-0.1, -0.05) is 67.9 Å². The summed E-state index contributed by atoms with van der Waals surface area (Å²) in [5, 5.41) is 12.4. The van der Waals surface area contributed by atoms with E-state index < -0.39 is 6.10 Å². The third-order valence-electron chi connectivity index (χ3n) is 4.58. The number of pyridine rings is 1. The molecule has 0 saturated heterocycles. The van der Waals surface area contributed by atoms with Crippen molar-refractivity contribution in [1.29, 1.82) is 0 Å². The molecule has 0 amide bonds. The van der Waals surface area contributed by atoms with E-state index in [-0.39, 0.29) is 12.4 Å². The summed E-state index contributed by atoms with van der Waals surface area (Å²) < 4.78 is 0. The van der Waals surface area contributed by atoms with E-state index in [1.807, 2.05) is 54.6 Å². The van der Waals surface area contributed by atoms with Crippen LogP contribution in [0.1, 0.15) is 25.5 Å². The van der Waals surface area contributed by atoms with Crippen molar-refractivity contribution in [3.05, 3.63) is 65.2 Å².